The van der Waals surface area contributed by atoms with Crippen molar-refractivity contribution in [2.24, 2.45) is 0 Å². The van der Waals surface area contributed by atoms with Crippen LogP contribution in [0.3, 0.4) is 0 Å². The summed E-state index contributed by atoms with van der Waals surface area (Å²) in [6.07, 6.45) is 1.86. The van der Waals surface area contributed by atoms with Gasteiger partial charge in [0, 0.05) is 20.0 Å². The number of alkyl halides is 1. The van der Waals surface area contributed by atoms with E-state index < -0.39 is 0 Å². The second-order valence-corrected chi connectivity index (χ2v) is 6.07. The summed E-state index contributed by atoms with van der Waals surface area (Å²) in [6, 6.07) is 5.55. The second kappa shape index (κ2) is 7.59. The summed E-state index contributed by atoms with van der Waals surface area (Å²) < 4.78 is 0.915. The first-order valence-electron chi connectivity index (χ1n) is 5.40. The van der Waals surface area contributed by atoms with Gasteiger partial charge >= 0.3 is 0 Å². The van der Waals surface area contributed by atoms with Crippen molar-refractivity contribution >= 4 is 56.0 Å². The van der Waals surface area contributed by atoms with Crippen LogP contribution in [0.4, 0.5) is 0 Å². The Bertz CT molecular complexity index is 400. The third-order valence-corrected chi connectivity index (χ3v) is 4.09. The summed E-state index contributed by atoms with van der Waals surface area (Å²) in [5, 5.41) is 4.49. The molecule has 0 fully saturated rings. The first-order valence-corrected chi connectivity index (χ1v) is 7.98. The highest BCUT2D eigenvalue weighted by atomic mass is 127. The molecular weight excluding hydrogens is 416 g/mol. The molecule has 1 N–H and O–H groups in total. The molecular formula is C12H14BrClINO. The normalized spacial score (nSPS) is 12.2. The van der Waals surface area contributed by atoms with Crippen LogP contribution in [-0.4, -0.2) is 17.3 Å². The van der Waals surface area contributed by atoms with E-state index in [0.29, 0.717) is 10.6 Å². The van der Waals surface area contributed by atoms with Gasteiger partial charge in [0.1, 0.15) is 0 Å². The number of carbonyl (C=O) groups is 1. The third kappa shape index (κ3) is 4.75. The zero-order valence-corrected chi connectivity index (χ0v) is 14.0. The molecule has 1 amide bonds. The van der Waals surface area contributed by atoms with E-state index in [9.17, 15) is 4.79 Å². The quantitative estimate of drug-likeness (QED) is 0.550. The van der Waals surface area contributed by atoms with Crippen molar-refractivity contribution in [3.8, 4) is 0 Å². The molecule has 0 bridgehead atoms. The number of halogens is 3. The predicted molar refractivity (Wildman–Crippen MR) is 84.1 cm³/mol. The minimum atomic E-state index is -0.0512. The number of amides is 1. The lowest BCUT2D eigenvalue weighted by Gasteiger charge is -2.16. The Balaban J connectivity index is 2.78. The van der Waals surface area contributed by atoms with Crippen LogP contribution in [0.25, 0.3) is 0 Å². The maximum absolute atomic E-state index is 12.1. The van der Waals surface area contributed by atoms with Crippen LogP contribution in [0.15, 0.2) is 18.2 Å². The van der Waals surface area contributed by atoms with Crippen molar-refractivity contribution < 1.29 is 4.79 Å². The summed E-state index contributed by atoms with van der Waals surface area (Å²) >= 11 is 11.4. The molecule has 5 heteroatoms. The Morgan fingerprint density at radius 2 is 2.29 bits per heavy atom. The van der Waals surface area contributed by atoms with Gasteiger partial charge in [0.15, 0.2) is 0 Å². The van der Waals surface area contributed by atoms with Gasteiger partial charge in [-0.1, -0.05) is 34.5 Å². The molecule has 0 heterocycles. The van der Waals surface area contributed by atoms with Gasteiger partial charge in [-0.15, -0.1) is 0 Å². The second-order valence-electron chi connectivity index (χ2n) is 3.68. The van der Waals surface area contributed by atoms with Crippen LogP contribution < -0.4 is 5.32 Å². The van der Waals surface area contributed by atoms with E-state index >= 15 is 0 Å². The fraction of sp³-hybridized carbons (Fsp3) is 0.417. The van der Waals surface area contributed by atoms with Crippen molar-refractivity contribution in [3.63, 3.8) is 0 Å². The number of rotatable bonds is 5. The standard InChI is InChI=1S/C12H14BrClINO/c1-2-9(5-6-13)16-12(17)10-7-8(14)3-4-11(10)15/h3-4,7,9H,2,5-6H2,1H3,(H,16,17). The molecule has 0 saturated heterocycles. The van der Waals surface area contributed by atoms with Gasteiger partial charge in [-0.05, 0) is 53.6 Å². The van der Waals surface area contributed by atoms with Crippen molar-refractivity contribution in [1.29, 1.82) is 0 Å². The lowest BCUT2D eigenvalue weighted by Crippen LogP contribution is -2.35. The average Bonchev–Trinajstić information content (AvgIpc) is 2.31. The highest BCUT2D eigenvalue weighted by Gasteiger charge is 2.14. The lowest BCUT2D eigenvalue weighted by molar-refractivity contribution is 0.0934. The number of hydrogen-bond donors (Lipinski definition) is 1. The molecule has 0 spiro atoms. The molecule has 1 aromatic carbocycles. The van der Waals surface area contributed by atoms with E-state index in [1.807, 2.05) is 6.07 Å². The number of benzene rings is 1. The van der Waals surface area contributed by atoms with Crippen LogP contribution >= 0.6 is 50.1 Å². The Hall–Kier alpha value is 0.190. The number of hydrogen-bond acceptors (Lipinski definition) is 1. The van der Waals surface area contributed by atoms with Gasteiger partial charge in [-0.2, -0.15) is 0 Å². The molecule has 0 aliphatic rings. The molecule has 0 aromatic heterocycles. The van der Waals surface area contributed by atoms with Gasteiger partial charge in [-0.3, -0.25) is 4.79 Å². The Kier molecular flexibility index (Phi) is 6.80. The zero-order valence-electron chi connectivity index (χ0n) is 9.47. The van der Waals surface area contributed by atoms with Gasteiger partial charge < -0.3 is 5.32 Å². The molecule has 1 aromatic rings. The van der Waals surface area contributed by atoms with Gasteiger partial charge in [0.05, 0.1) is 5.56 Å². The molecule has 1 rings (SSSR count). The van der Waals surface area contributed by atoms with Crippen LogP contribution in [0.1, 0.15) is 30.1 Å². The fourth-order valence-electron chi connectivity index (χ4n) is 1.44. The Labute approximate surface area is 129 Å². The molecule has 94 valence electrons. The molecule has 2 nitrogen and oxygen atoms in total. The van der Waals surface area contributed by atoms with Crippen LogP contribution in [0.2, 0.25) is 5.02 Å². The Morgan fingerprint density at radius 3 is 2.88 bits per heavy atom. The van der Waals surface area contributed by atoms with E-state index in [4.69, 9.17) is 11.6 Å². The monoisotopic (exact) mass is 429 g/mol. The van der Waals surface area contributed by atoms with E-state index in [2.05, 4.69) is 50.8 Å². The maximum Gasteiger partial charge on any atom is 0.252 e. The van der Waals surface area contributed by atoms with Crippen LogP contribution in [0.5, 0.6) is 0 Å². The van der Waals surface area contributed by atoms with E-state index in [1.54, 1.807) is 12.1 Å². The van der Waals surface area contributed by atoms with Crippen LogP contribution in [-0.2, 0) is 0 Å². The van der Waals surface area contributed by atoms with E-state index in [-0.39, 0.29) is 11.9 Å². The van der Waals surface area contributed by atoms with Crippen molar-refractivity contribution in [3.05, 3.63) is 32.4 Å². The number of nitrogens with one attached hydrogen (secondary N) is 1. The van der Waals surface area contributed by atoms with Crippen molar-refractivity contribution in [1.82, 2.24) is 5.32 Å². The molecule has 17 heavy (non-hydrogen) atoms. The molecule has 1 atom stereocenters. The fourth-order valence-corrected chi connectivity index (χ4v) is 2.75. The lowest BCUT2D eigenvalue weighted by atomic mass is 10.1. The first-order chi connectivity index (χ1) is 8.08. The summed E-state index contributed by atoms with van der Waals surface area (Å²) in [6.45, 7) is 2.07. The third-order valence-electron chi connectivity index (χ3n) is 2.46. The predicted octanol–water partition coefficient (Wildman–Crippen LogP) is 4.24. The smallest absolute Gasteiger partial charge is 0.252 e. The summed E-state index contributed by atoms with van der Waals surface area (Å²) in [7, 11) is 0. The molecule has 0 aliphatic heterocycles. The molecule has 0 aliphatic carbocycles. The van der Waals surface area contributed by atoms with Gasteiger partial charge in [0.2, 0.25) is 0 Å². The summed E-state index contributed by atoms with van der Waals surface area (Å²) in [4.78, 5) is 12.1. The largest absolute Gasteiger partial charge is 0.349 e. The maximum atomic E-state index is 12.1. The topological polar surface area (TPSA) is 29.1 Å². The van der Waals surface area contributed by atoms with Crippen molar-refractivity contribution in [2.75, 3.05) is 5.33 Å². The van der Waals surface area contributed by atoms with Crippen molar-refractivity contribution in [2.45, 2.75) is 25.8 Å². The minimum Gasteiger partial charge on any atom is -0.349 e. The molecule has 0 saturated carbocycles. The first kappa shape index (κ1) is 15.2. The SMILES string of the molecule is CCC(CCBr)NC(=O)c1cc(Cl)ccc1I. The summed E-state index contributed by atoms with van der Waals surface area (Å²) in [5.41, 5.74) is 0.645. The zero-order chi connectivity index (χ0) is 12.8. The van der Waals surface area contributed by atoms with Gasteiger partial charge in [-0.25, -0.2) is 0 Å². The summed E-state index contributed by atoms with van der Waals surface area (Å²) in [5.74, 6) is -0.0512. The Morgan fingerprint density at radius 1 is 1.59 bits per heavy atom. The van der Waals surface area contributed by atoms with Crippen LogP contribution in [0, 0.1) is 3.57 Å². The average molecular weight is 431 g/mol. The van der Waals surface area contributed by atoms with E-state index in [1.165, 1.54) is 0 Å². The van der Waals surface area contributed by atoms with E-state index in [0.717, 1.165) is 21.7 Å². The highest BCUT2D eigenvalue weighted by Crippen LogP contribution is 2.18. The molecule has 1 unspecified atom stereocenters. The van der Waals surface area contributed by atoms with Gasteiger partial charge in [0.25, 0.3) is 5.91 Å². The minimum absolute atomic E-state index is 0.0512. The molecule has 0 radical (unpaired) electrons. The highest BCUT2D eigenvalue weighted by molar-refractivity contribution is 14.1. The number of carbonyl (C=O) groups excluding carboxylic acids is 1.